The van der Waals surface area contributed by atoms with Crippen molar-refractivity contribution in [3.63, 3.8) is 0 Å². The van der Waals surface area contributed by atoms with Gasteiger partial charge in [0.15, 0.2) is 0 Å². The van der Waals surface area contributed by atoms with Gasteiger partial charge in [-0.2, -0.15) is 11.8 Å². The van der Waals surface area contributed by atoms with Crippen LogP contribution in [-0.2, 0) is 4.79 Å². The lowest BCUT2D eigenvalue weighted by atomic mass is 10.2. The summed E-state index contributed by atoms with van der Waals surface area (Å²) in [6, 6.07) is 7.23. The average Bonchev–Trinajstić information content (AvgIpc) is 3.01. The Labute approximate surface area is 169 Å². The minimum Gasteiger partial charge on any atom is -0.497 e. The summed E-state index contributed by atoms with van der Waals surface area (Å²) in [7, 11) is 1.65. The third kappa shape index (κ3) is 5.87. The monoisotopic (exact) mass is 415 g/mol. The number of carbonyl (C=O) groups is 1. The van der Waals surface area contributed by atoms with Crippen LogP contribution in [-0.4, -0.2) is 36.1 Å². The summed E-state index contributed by atoms with van der Waals surface area (Å²) >= 11 is 3.29. The number of ether oxygens (including phenoxy) is 1. The molecule has 8 heteroatoms. The van der Waals surface area contributed by atoms with Crippen LogP contribution in [0.5, 0.6) is 5.75 Å². The number of amides is 1. The van der Waals surface area contributed by atoms with E-state index >= 15 is 0 Å². The second-order valence-corrected chi connectivity index (χ2v) is 7.83. The highest BCUT2D eigenvalue weighted by molar-refractivity contribution is 7.98. The summed E-state index contributed by atoms with van der Waals surface area (Å²) in [6.07, 6.45) is 2.69. The van der Waals surface area contributed by atoms with Gasteiger partial charge in [-0.3, -0.25) is 4.79 Å². The van der Waals surface area contributed by atoms with Gasteiger partial charge in [0.25, 0.3) is 0 Å². The smallest absolute Gasteiger partial charge is 0.237 e. The maximum atomic E-state index is 12.2. The van der Waals surface area contributed by atoms with Gasteiger partial charge in [0.05, 0.1) is 29.8 Å². The standard InChI is InChI=1S/C18H25N3O2S2.ClH/c1-11(20-17(22)15(19)9-10-24-4)16-12(2)21-18(25-16)13-5-7-14(23-3)8-6-13;/h5-8,11,15H,9-10,19H2,1-4H3,(H,20,22);1H/t11?,15-;/m0./s1. The van der Waals surface area contributed by atoms with E-state index < -0.39 is 6.04 Å². The molecule has 2 rings (SSSR count). The fraction of sp³-hybridized carbons (Fsp3) is 0.444. The van der Waals surface area contributed by atoms with Gasteiger partial charge in [0, 0.05) is 5.56 Å². The Morgan fingerprint density at radius 1 is 1.38 bits per heavy atom. The van der Waals surface area contributed by atoms with Crippen molar-refractivity contribution < 1.29 is 9.53 Å². The van der Waals surface area contributed by atoms with E-state index in [-0.39, 0.29) is 24.4 Å². The normalized spacial score (nSPS) is 12.8. The molecule has 0 aliphatic carbocycles. The number of carbonyl (C=O) groups excluding carboxylic acids is 1. The van der Waals surface area contributed by atoms with Gasteiger partial charge in [-0.25, -0.2) is 4.98 Å². The van der Waals surface area contributed by atoms with Crippen LogP contribution < -0.4 is 15.8 Å². The number of hydrogen-bond acceptors (Lipinski definition) is 6. The fourth-order valence-electron chi connectivity index (χ4n) is 2.43. The first kappa shape index (κ1) is 22.8. The number of rotatable bonds is 8. The Hall–Kier alpha value is -1.28. The van der Waals surface area contributed by atoms with E-state index in [0.29, 0.717) is 6.42 Å². The summed E-state index contributed by atoms with van der Waals surface area (Å²) in [5, 5.41) is 3.94. The molecular weight excluding hydrogens is 390 g/mol. The summed E-state index contributed by atoms with van der Waals surface area (Å²) in [4.78, 5) is 17.9. The summed E-state index contributed by atoms with van der Waals surface area (Å²) in [6.45, 7) is 3.94. The lowest BCUT2D eigenvalue weighted by Crippen LogP contribution is -2.41. The molecule has 5 nitrogen and oxygen atoms in total. The predicted octanol–water partition coefficient (Wildman–Crippen LogP) is 3.81. The predicted molar refractivity (Wildman–Crippen MR) is 114 cm³/mol. The van der Waals surface area contributed by atoms with Gasteiger partial charge in [0.1, 0.15) is 10.8 Å². The van der Waals surface area contributed by atoms with Crippen LogP contribution in [0.15, 0.2) is 24.3 Å². The molecule has 0 fully saturated rings. The highest BCUT2D eigenvalue weighted by Gasteiger charge is 2.20. The number of halogens is 1. The molecule has 1 unspecified atom stereocenters. The van der Waals surface area contributed by atoms with Crippen molar-refractivity contribution in [1.82, 2.24) is 10.3 Å². The number of methoxy groups -OCH3 is 1. The van der Waals surface area contributed by atoms with Crippen molar-refractivity contribution in [3.05, 3.63) is 34.8 Å². The molecule has 0 bridgehead atoms. The summed E-state index contributed by atoms with van der Waals surface area (Å²) in [5.41, 5.74) is 7.91. The maximum Gasteiger partial charge on any atom is 0.237 e. The lowest BCUT2D eigenvalue weighted by Gasteiger charge is -2.16. The number of hydrogen-bond donors (Lipinski definition) is 2. The zero-order valence-electron chi connectivity index (χ0n) is 15.4. The SMILES string of the molecule is COc1ccc(-c2nc(C)c(C(C)NC(=O)[C@@H](N)CCSC)s2)cc1.Cl. The van der Waals surface area contributed by atoms with E-state index in [1.165, 1.54) is 0 Å². The molecule has 0 saturated heterocycles. The van der Waals surface area contributed by atoms with Crippen molar-refractivity contribution >= 4 is 41.4 Å². The van der Waals surface area contributed by atoms with Gasteiger partial charge in [-0.05, 0) is 56.5 Å². The molecule has 0 radical (unpaired) electrons. The molecule has 0 spiro atoms. The highest BCUT2D eigenvalue weighted by Crippen LogP contribution is 2.32. The maximum absolute atomic E-state index is 12.2. The number of thioether (sulfide) groups is 1. The molecule has 1 heterocycles. The number of thiazole rings is 1. The number of nitrogens with two attached hydrogens (primary N) is 1. The van der Waals surface area contributed by atoms with E-state index in [2.05, 4.69) is 10.3 Å². The quantitative estimate of drug-likeness (QED) is 0.685. The first-order valence-electron chi connectivity index (χ1n) is 8.13. The van der Waals surface area contributed by atoms with Crippen LogP contribution in [0.25, 0.3) is 10.6 Å². The van der Waals surface area contributed by atoms with Crippen molar-refractivity contribution in [2.45, 2.75) is 32.4 Å². The Morgan fingerprint density at radius 3 is 2.62 bits per heavy atom. The summed E-state index contributed by atoms with van der Waals surface area (Å²) < 4.78 is 5.19. The Kier molecular flexibility index (Phi) is 9.43. The van der Waals surface area contributed by atoms with E-state index in [9.17, 15) is 4.79 Å². The highest BCUT2D eigenvalue weighted by atomic mass is 35.5. The molecular formula is C18H26ClN3O2S2. The second kappa shape index (κ2) is 10.8. The molecule has 2 aromatic rings. The lowest BCUT2D eigenvalue weighted by molar-refractivity contribution is -0.123. The first-order valence-corrected chi connectivity index (χ1v) is 10.3. The second-order valence-electron chi connectivity index (χ2n) is 5.82. The number of benzene rings is 1. The van der Waals surface area contributed by atoms with E-state index in [1.54, 1.807) is 30.2 Å². The third-order valence-corrected chi connectivity index (χ3v) is 5.92. The molecule has 0 aliphatic heterocycles. The number of nitrogens with one attached hydrogen (secondary N) is 1. The Bertz CT molecular complexity index is 707. The average molecular weight is 416 g/mol. The number of nitrogens with zero attached hydrogens (tertiary/aromatic N) is 1. The molecule has 1 aromatic carbocycles. The van der Waals surface area contributed by atoms with Crippen LogP contribution >= 0.6 is 35.5 Å². The van der Waals surface area contributed by atoms with E-state index in [0.717, 1.165) is 32.6 Å². The minimum atomic E-state index is -0.468. The Balaban J connectivity index is 0.00000338. The number of aromatic nitrogens is 1. The van der Waals surface area contributed by atoms with Crippen LogP contribution in [0.1, 0.15) is 30.0 Å². The largest absolute Gasteiger partial charge is 0.497 e. The first-order chi connectivity index (χ1) is 12.0. The van der Waals surface area contributed by atoms with Gasteiger partial charge >= 0.3 is 0 Å². The van der Waals surface area contributed by atoms with Gasteiger partial charge in [-0.1, -0.05) is 0 Å². The molecule has 0 saturated carbocycles. The topological polar surface area (TPSA) is 77.2 Å². The number of aryl methyl sites for hydroxylation is 1. The molecule has 144 valence electrons. The molecule has 0 aliphatic rings. The van der Waals surface area contributed by atoms with Crippen LogP contribution in [0.3, 0.4) is 0 Å². The third-order valence-electron chi connectivity index (χ3n) is 3.89. The molecule has 3 N–H and O–H groups in total. The molecule has 1 aromatic heterocycles. The van der Waals surface area contributed by atoms with Crippen LogP contribution in [0.4, 0.5) is 0 Å². The fourth-order valence-corrected chi connectivity index (χ4v) is 3.99. The zero-order valence-corrected chi connectivity index (χ0v) is 17.9. The molecule has 2 atom stereocenters. The van der Waals surface area contributed by atoms with Gasteiger partial charge < -0.3 is 15.8 Å². The molecule has 1 amide bonds. The zero-order chi connectivity index (χ0) is 18.4. The van der Waals surface area contributed by atoms with Crippen molar-refractivity contribution in [2.75, 3.05) is 19.1 Å². The Morgan fingerprint density at radius 2 is 2.04 bits per heavy atom. The van der Waals surface area contributed by atoms with E-state index in [1.807, 2.05) is 44.4 Å². The summed E-state index contributed by atoms with van der Waals surface area (Å²) in [5.74, 6) is 1.59. The van der Waals surface area contributed by atoms with Crippen LogP contribution in [0, 0.1) is 6.92 Å². The molecule has 26 heavy (non-hydrogen) atoms. The van der Waals surface area contributed by atoms with Crippen molar-refractivity contribution in [1.29, 1.82) is 0 Å². The van der Waals surface area contributed by atoms with E-state index in [4.69, 9.17) is 10.5 Å². The van der Waals surface area contributed by atoms with Crippen molar-refractivity contribution in [3.8, 4) is 16.3 Å². The van der Waals surface area contributed by atoms with Crippen LogP contribution in [0.2, 0.25) is 0 Å². The minimum absolute atomic E-state index is 0. The van der Waals surface area contributed by atoms with Crippen molar-refractivity contribution in [2.24, 2.45) is 5.73 Å². The van der Waals surface area contributed by atoms with Gasteiger partial charge in [-0.15, -0.1) is 23.7 Å². The van der Waals surface area contributed by atoms with Gasteiger partial charge in [0.2, 0.25) is 5.91 Å².